The lowest BCUT2D eigenvalue weighted by atomic mass is 9.92. The van der Waals surface area contributed by atoms with Gasteiger partial charge in [0.05, 0.1) is 47.3 Å². The molecule has 1 aliphatic heterocycles. The van der Waals surface area contributed by atoms with Gasteiger partial charge in [-0.1, -0.05) is 97.1 Å². The van der Waals surface area contributed by atoms with Crippen molar-refractivity contribution in [1.82, 2.24) is 9.55 Å². The van der Waals surface area contributed by atoms with Crippen LogP contribution in [0.2, 0.25) is 0 Å². The lowest BCUT2D eigenvalue weighted by Crippen LogP contribution is -1.97. The molecule has 1 aliphatic rings. The standard InChI is InChI=1S/C44H29N3O/c45-26-29-15-20-44-40(21-29)38-13-7-8-14-43(38)47(44)36-18-16-33-27-48-28-35-22-32(17-19-37(35)39(33)25-36)34-23-41(30-9-3-1-4-10-30)46-42(24-34)31-11-5-2-6-12-31/h1-25H,27-28H2. The molecular weight excluding hydrogens is 587 g/mol. The first-order chi connectivity index (χ1) is 23.7. The first-order valence-corrected chi connectivity index (χ1v) is 16.1. The van der Waals surface area contributed by atoms with Crippen LogP contribution in [0.3, 0.4) is 0 Å². The van der Waals surface area contributed by atoms with Crippen molar-refractivity contribution in [2.75, 3.05) is 0 Å². The van der Waals surface area contributed by atoms with Crippen molar-refractivity contribution in [3.8, 4) is 56.5 Å². The number of rotatable bonds is 4. The Kier molecular flexibility index (Phi) is 6.71. The molecule has 0 fully saturated rings. The lowest BCUT2D eigenvalue weighted by Gasteiger charge is -2.15. The Labute approximate surface area is 278 Å². The zero-order valence-electron chi connectivity index (χ0n) is 26.1. The summed E-state index contributed by atoms with van der Waals surface area (Å²) in [6.45, 7) is 1.07. The van der Waals surface area contributed by atoms with Gasteiger partial charge in [0, 0.05) is 27.6 Å². The number of benzene rings is 6. The summed E-state index contributed by atoms with van der Waals surface area (Å²) in [5, 5.41) is 11.8. The topological polar surface area (TPSA) is 50.8 Å². The molecule has 0 amide bonds. The minimum absolute atomic E-state index is 0.529. The second kappa shape index (κ2) is 11.5. The Bertz CT molecular complexity index is 2480. The van der Waals surface area contributed by atoms with Gasteiger partial charge in [0.15, 0.2) is 0 Å². The van der Waals surface area contributed by atoms with Crippen LogP contribution in [-0.4, -0.2) is 9.55 Å². The van der Waals surface area contributed by atoms with Gasteiger partial charge < -0.3 is 9.30 Å². The predicted molar refractivity (Wildman–Crippen MR) is 194 cm³/mol. The highest BCUT2D eigenvalue weighted by molar-refractivity contribution is 6.09. The maximum atomic E-state index is 9.60. The average Bonchev–Trinajstić information content (AvgIpc) is 3.37. The summed E-state index contributed by atoms with van der Waals surface area (Å²) in [5.74, 6) is 0. The third-order valence-corrected chi connectivity index (χ3v) is 9.36. The summed E-state index contributed by atoms with van der Waals surface area (Å²) >= 11 is 0. The van der Waals surface area contributed by atoms with Crippen LogP contribution in [-0.2, 0) is 18.0 Å². The van der Waals surface area contributed by atoms with Crippen molar-refractivity contribution in [3.05, 3.63) is 168 Å². The smallest absolute Gasteiger partial charge is 0.0991 e. The highest BCUT2D eigenvalue weighted by atomic mass is 16.5. The SMILES string of the molecule is N#Cc1ccc2c(c1)c1ccccc1n2-c1ccc2c(c1)-c1ccc(-c3cc(-c4ccccc4)nc(-c4ccccc4)c3)cc1COC2. The molecule has 226 valence electrons. The van der Waals surface area contributed by atoms with Crippen LogP contribution in [0.4, 0.5) is 0 Å². The van der Waals surface area contributed by atoms with E-state index in [9.17, 15) is 5.26 Å². The highest BCUT2D eigenvalue weighted by Gasteiger charge is 2.19. The molecule has 4 nitrogen and oxygen atoms in total. The Balaban J connectivity index is 1.18. The third-order valence-electron chi connectivity index (χ3n) is 9.36. The van der Waals surface area contributed by atoms with E-state index in [4.69, 9.17) is 9.72 Å². The fourth-order valence-corrected chi connectivity index (χ4v) is 7.04. The van der Waals surface area contributed by atoms with E-state index in [1.54, 1.807) is 0 Å². The number of para-hydroxylation sites is 1. The van der Waals surface area contributed by atoms with Crippen LogP contribution in [0.25, 0.3) is 72.3 Å². The molecule has 2 aromatic heterocycles. The van der Waals surface area contributed by atoms with Crippen LogP contribution in [0.1, 0.15) is 16.7 Å². The molecular formula is C44H29N3O. The van der Waals surface area contributed by atoms with Crippen molar-refractivity contribution < 1.29 is 4.74 Å². The van der Waals surface area contributed by atoms with E-state index >= 15 is 0 Å². The lowest BCUT2D eigenvalue weighted by molar-refractivity contribution is 0.110. The van der Waals surface area contributed by atoms with E-state index in [1.807, 2.05) is 24.3 Å². The fourth-order valence-electron chi connectivity index (χ4n) is 7.04. The van der Waals surface area contributed by atoms with E-state index < -0.39 is 0 Å². The molecule has 0 atom stereocenters. The van der Waals surface area contributed by atoms with Gasteiger partial charge in [-0.25, -0.2) is 4.98 Å². The van der Waals surface area contributed by atoms with Crippen molar-refractivity contribution in [3.63, 3.8) is 0 Å². The monoisotopic (exact) mass is 615 g/mol. The number of hydrogen-bond donors (Lipinski definition) is 0. The van der Waals surface area contributed by atoms with E-state index in [0.29, 0.717) is 18.8 Å². The minimum atomic E-state index is 0.529. The van der Waals surface area contributed by atoms with E-state index in [-0.39, 0.29) is 0 Å². The minimum Gasteiger partial charge on any atom is -0.372 e. The van der Waals surface area contributed by atoms with Crippen molar-refractivity contribution in [2.45, 2.75) is 13.2 Å². The van der Waals surface area contributed by atoms with Crippen molar-refractivity contribution in [1.29, 1.82) is 5.26 Å². The van der Waals surface area contributed by atoms with Gasteiger partial charge in [-0.05, 0) is 88.0 Å². The first-order valence-electron chi connectivity index (χ1n) is 16.1. The van der Waals surface area contributed by atoms with E-state index in [2.05, 4.69) is 138 Å². The van der Waals surface area contributed by atoms with Gasteiger partial charge >= 0.3 is 0 Å². The zero-order valence-corrected chi connectivity index (χ0v) is 26.1. The number of nitrogens with zero attached hydrogens (tertiary/aromatic N) is 3. The van der Waals surface area contributed by atoms with Crippen molar-refractivity contribution >= 4 is 21.8 Å². The van der Waals surface area contributed by atoms with Gasteiger partial charge in [0.2, 0.25) is 0 Å². The molecule has 0 N–H and O–H groups in total. The van der Waals surface area contributed by atoms with Gasteiger partial charge in [0.25, 0.3) is 0 Å². The van der Waals surface area contributed by atoms with Gasteiger partial charge in [-0.3, -0.25) is 0 Å². The molecule has 0 saturated carbocycles. The Morgan fingerprint density at radius 3 is 1.96 bits per heavy atom. The summed E-state index contributed by atoms with van der Waals surface area (Å²) in [6.07, 6.45) is 0. The summed E-state index contributed by atoms with van der Waals surface area (Å²) in [4.78, 5) is 5.08. The maximum Gasteiger partial charge on any atom is 0.0991 e. The van der Waals surface area contributed by atoms with Gasteiger partial charge in [-0.2, -0.15) is 5.26 Å². The highest BCUT2D eigenvalue weighted by Crippen LogP contribution is 2.39. The van der Waals surface area contributed by atoms with Crippen LogP contribution in [0.15, 0.2) is 152 Å². The number of pyridine rings is 1. The molecule has 0 unspecified atom stereocenters. The molecule has 8 aromatic rings. The van der Waals surface area contributed by atoms with Crippen LogP contribution < -0.4 is 0 Å². The average molecular weight is 616 g/mol. The van der Waals surface area contributed by atoms with E-state index in [0.717, 1.165) is 66.7 Å². The zero-order chi connectivity index (χ0) is 32.0. The molecule has 0 saturated heterocycles. The number of fused-ring (bicyclic) bond motifs is 6. The molecule has 6 aromatic carbocycles. The second-order valence-corrected chi connectivity index (χ2v) is 12.3. The maximum absolute atomic E-state index is 9.60. The summed E-state index contributed by atoms with van der Waals surface area (Å²) < 4.78 is 8.58. The number of ether oxygens (including phenoxy) is 1. The number of nitriles is 1. The first kappa shape index (κ1) is 28.0. The normalized spacial score (nSPS) is 12.3. The molecule has 3 heterocycles. The fraction of sp³-hybridized carbons (Fsp3) is 0.0455. The van der Waals surface area contributed by atoms with Crippen molar-refractivity contribution in [2.24, 2.45) is 0 Å². The molecule has 48 heavy (non-hydrogen) atoms. The molecule has 4 heteroatoms. The predicted octanol–water partition coefficient (Wildman–Crippen LogP) is 10.7. The van der Waals surface area contributed by atoms with Gasteiger partial charge in [-0.15, -0.1) is 0 Å². The Morgan fingerprint density at radius 1 is 0.521 bits per heavy atom. The quantitative estimate of drug-likeness (QED) is 0.198. The second-order valence-electron chi connectivity index (χ2n) is 12.3. The number of hydrogen-bond acceptors (Lipinski definition) is 3. The van der Waals surface area contributed by atoms with E-state index in [1.165, 1.54) is 16.7 Å². The summed E-state index contributed by atoms with van der Waals surface area (Å²) in [7, 11) is 0. The van der Waals surface area contributed by atoms with Crippen LogP contribution in [0, 0.1) is 11.3 Å². The summed E-state index contributed by atoms with van der Waals surface area (Å²) in [5.41, 5.74) is 14.9. The molecule has 0 spiro atoms. The van der Waals surface area contributed by atoms with Crippen LogP contribution in [0.5, 0.6) is 0 Å². The van der Waals surface area contributed by atoms with Crippen LogP contribution >= 0.6 is 0 Å². The Morgan fingerprint density at radius 2 is 1.21 bits per heavy atom. The Hall–Kier alpha value is -6.28. The molecule has 0 radical (unpaired) electrons. The number of aromatic nitrogens is 2. The third kappa shape index (κ3) is 4.77. The summed E-state index contributed by atoms with van der Waals surface area (Å²) in [6, 6.07) is 55.2. The molecule has 0 aliphatic carbocycles. The largest absolute Gasteiger partial charge is 0.372 e. The van der Waals surface area contributed by atoms with Gasteiger partial charge in [0.1, 0.15) is 0 Å². The molecule has 9 rings (SSSR count). The molecule has 0 bridgehead atoms.